The zero-order valence-corrected chi connectivity index (χ0v) is 10.1. The number of hydrogen-bond acceptors (Lipinski definition) is 3. The van der Waals surface area contributed by atoms with Crippen LogP contribution in [0.1, 0.15) is 7.85 Å². The van der Waals surface area contributed by atoms with Gasteiger partial charge in [-0.2, -0.15) is 0 Å². The van der Waals surface area contributed by atoms with Crippen LogP contribution in [0.3, 0.4) is 0 Å². The summed E-state index contributed by atoms with van der Waals surface area (Å²) in [5.74, 6) is -1.14. The minimum Gasteiger partial charge on any atom is -1.00 e. The molecule has 0 fully saturated rings. The van der Waals surface area contributed by atoms with Gasteiger partial charge >= 0.3 is 35.5 Å². The quantitative estimate of drug-likeness (QED) is 0.331. The molecule has 2 atom stereocenters. The van der Waals surface area contributed by atoms with Crippen molar-refractivity contribution in [1.29, 1.82) is 0 Å². The second kappa shape index (κ2) is 6.13. The van der Waals surface area contributed by atoms with Crippen molar-refractivity contribution < 1.29 is 50.3 Å². The van der Waals surface area contributed by atoms with Gasteiger partial charge in [-0.25, -0.2) is 0 Å². The van der Waals surface area contributed by atoms with Crippen molar-refractivity contribution in [3.05, 3.63) is 0 Å². The van der Waals surface area contributed by atoms with Crippen molar-refractivity contribution in [2.45, 2.75) is 12.5 Å². The number of carboxylic acid groups (broad SMARTS) is 1. The van der Waals surface area contributed by atoms with Gasteiger partial charge < -0.3 is 17.2 Å². The summed E-state index contributed by atoms with van der Waals surface area (Å²) in [6.45, 7) is 1.18. The van der Waals surface area contributed by atoms with E-state index >= 15 is 0 Å². The number of aliphatic carboxylic acids is 1. The third kappa shape index (κ3) is 8.71. The van der Waals surface area contributed by atoms with E-state index in [0.29, 0.717) is 0 Å². The molecular weight excluding hydrogens is 192 g/mol. The van der Waals surface area contributed by atoms with E-state index in [0.717, 1.165) is 0 Å². The van der Waals surface area contributed by atoms with E-state index in [1.807, 2.05) is 0 Å². The van der Waals surface area contributed by atoms with E-state index in [9.17, 15) is 9.36 Å². The van der Waals surface area contributed by atoms with Crippen molar-refractivity contribution in [3.8, 4) is 0 Å². The molecule has 0 aliphatic heterocycles. The molecule has 68 valence electrons. The summed E-state index contributed by atoms with van der Waals surface area (Å²) < 4.78 is 10.6. The Hall–Kier alpha value is 0.620. The first-order chi connectivity index (χ1) is 4.83. The van der Waals surface area contributed by atoms with Gasteiger partial charge in [-0.05, 0) is 6.42 Å². The van der Waals surface area contributed by atoms with Crippen LogP contribution in [0.4, 0.5) is 0 Å². The summed E-state index contributed by atoms with van der Waals surface area (Å²) in [5.41, 5.74) is 5.09. The molecule has 0 saturated heterocycles. The van der Waals surface area contributed by atoms with Gasteiger partial charge in [0.05, 0.1) is 0 Å². The van der Waals surface area contributed by atoms with Crippen LogP contribution in [0.25, 0.3) is 0 Å². The Morgan fingerprint density at radius 2 is 2.17 bits per heavy atom. The van der Waals surface area contributed by atoms with Crippen molar-refractivity contribution in [2.75, 3.05) is 12.8 Å². The molecule has 2 unspecified atom stereocenters. The molecule has 0 aromatic heterocycles. The second-order valence-electron chi connectivity index (χ2n) is 2.51. The van der Waals surface area contributed by atoms with Gasteiger partial charge in [0.15, 0.2) is 7.37 Å². The minimum absolute atomic E-state index is 0. The minimum atomic E-state index is -3.10. The monoisotopic (exact) mass is 205 g/mol. The Balaban J connectivity index is -0.000000500. The maximum atomic E-state index is 10.6. The van der Waals surface area contributed by atoms with E-state index < -0.39 is 19.4 Å². The molecular formula is C5H13NNaO4P. The Morgan fingerprint density at radius 3 is 2.42 bits per heavy atom. The summed E-state index contributed by atoms with van der Waals surface area (Å²) in [4.78, 5) is 18.9. The van der Waals surface area contributed by atoms with Gasteiger partial charge in [0.25, 0.3) is 0 Å². The molecule has 12 heavy (non-hydrogen) atoms. The molecule has 0 saturated carbocycles. The largest absolute Gasteiger partial charge is 1.00 e. The predicted molar refractivity (Wildman–Crippen MR) is 42.0 cm³/mol. The average molecular weight is 205 g/mol. The van der Waals surface area contributed by atoms with E-state index in [2.05, 4.69) is 0 Å². The maximum Gasteiger partial charge on any atom is 1.00 e. The van der Waals surface area contributed by atoms with Crippen LogP contribution in [0.2, 0.25) is 0 Å². The molecule has 5 nitrogen and oxygen atoms in total. The van der Waals surface area contributed by atoms with Crippen LogP contribution in [0, 0.1) is 0 Å². The number of nitrogens with two attached hydrogens (primary N) is 1. The fourth-order valence-corrected chi connectivity index (χ4v) is 1.26. The number of hydrogen-bond donors (Lipinski definition) is 3. The van der Waals surface area contributed by atoms with Crippen molar-refractivity contribution >= 4 is 13.3 Å². The molecule has 0 radical (unpaired) electrons. The van der Waals surface area contributed by atoms with Crippen LogP contribution < -0.4 is 35.3 Å². The topological polar surface area (TPSA) is 101 Å². The second-order valence-corrected chi connectivity index (χ2v) is 5.06. The normalized spacial score (nSPS) is 17.2. The van der Waals surface area contributed by atoms with Crippen molar-refractivity contribution in [2.24, 2.45) is 5.73 Å². The molecule has 7 heteroatoms. The zero-order valence-electron chi connectivity index (χ0n) is 8.23. The molecule has 4 N–H and O–H groups in total. The first kappa shape index (κ1) is 15.1. The van der Waals surface area contributed by atoms with Crippen LogP contribution >= 0.6 is 7.37 Å². The van der Waals surface area contributed by atoms with Gasteiger partial charge in [-0.3, -0.25) is 9.36 Å². The van der Waals surface area contributed by atoms with E-state index in [4.69, 9.17) is 15.7 Å². The molecule has 0 aromatic carbocycles. The van der Waals surface area contributed by atoms with E-state index in [1.165, 1.54) is 6.66 Å². The summed E-state index contributed by atoms with van der Waals surface area (Å²) in [7, 11) is -3.10. The third-order valence-electron chi connectivity index (χ3n) is 1.17. The molecule has 0 amide bonds. The fourth-order valence-electron chi connectivity index (χ4n) is 0.502. The zero-order chi connectivity index (χ0) is 9.07. The third-order valence-corrected chi connectivity index (χ3v) is 2.26. The van der Waals surface area contributed by atoms with Gasteiger partial charge in [-0.1, -0.05) is 0 Å². The Bertz CT molecular complexity index is 197. The Kier molecular flexibility index (Phi) is 7.72. The molecule has 0 heterocycles. The SMILES string of the molecule is CP(=O)(O)CCC(N)C(=O)O.[H-].[Na+]. The van der Waals surface area contributed by atoms with Crippen molar-refractivity contribution in [1.82, 2.24) is 0 Å². The smallest absolute Gasteiger partial charge is 1.00 e. The summed E-state index contributed by atoms with van der Waals surface area (Å²) in [6.07, 6.45) is 0.0000772. The number of carbonyl (C=O) groups is 1. The summed E-state index contributed by atoms with van der Waals surface area (Å²) >= 11 is 0. The van der Waals surface area contributed by atoms with Crippen LogP contribution in [-0.4, -0.2) is 34.8 Å². The van der Waals surface area contributed by atoms with Gasteiger partial charge in [-0.15, -0.1) is 0 Å². The van der Waals surface area contributed by atoms with Gasteiger partial charge in [0, 0.05) is 12.8 Å². The Morgan fingerprint density at radius 1 is 1.75 bits per heavy atom. The molecule has 0 spiro atoms. The van der Waals surface area contributed by atoms with Crippen molar-refractivity contribution in [3.63, 3.8) is 0 Å². The molecule has 0 bridgehead atoms. The Labute approximate surface area is 94.6 Å². The van der Waals surface area contributed by atoms with Crippen LogP contribution in [0.5, 0.6) is 0 Å². The standard InChI is InChI=1S/C5H12NO4P.Na.H/c1-11(9,10)3-2-4(6)5(7)8;;/h4H,2-3,6H2,1H3,(H,7,8)(H,9,10);;/q;+1;-1. The predicted octanol–water partition coefficient (Wildman–Crippen LogP) is -3.19. The van der Waals surface area contributed by atoms with E-state index in [1.54, 1.807) is 0 Å². The van der Waals surface area contributed by atoms with Crippen LogP contribution in [-0.2, 0) is 9.36 Å². The molecule has 0 aliphatic carbocycles. The number of rotatable bonds is 4. The number of carboxylic acids is 1. The average Bonchev–Trinajstić information content (AvgIpc) is 1.80. The molecule has 0 aliphatic rings. The fraction of sp³-hybridized carbons (Fsp3) is 0.800. The van der Waals surface area contributed by atoms with E-state index in [-0.39, 0.29) is 43.6 Å². The summed E-state index contributed by atoms with van der Waals surface area (Å²) in [6, 6.07) is -1.03. The van der Waals surface area contributed by atoms with Crippen LogP contribution in [0.15, 0.2) is 0 Å². The van der Waals surface area contributed by atoms with Gasteiger partial charge in [0.2, 0.25) is 0 Å². The van der Waals surface area contributed by atoms with Gasteiger partial charge in [0.1, 0.15) is 6.04 Å². The molecule has 0 aromatic rings. The maximum absolute atomic E-state index is 10.6. The summed E-state index contributed by atoms with van der Waals surface area (Å²) in [5, 5.41) is 8.28. The first-order valence-electron chi connectivity index (χ1n) is 3.10. The first-order valence-corrected chi connectivity index (χ1v) is 5.40. The molecule has 0 rings (SSSR count).